The Balaban J connectivity index is 1.61. The molecular weight excluding hydrogens is 348 g/mol. The van der Waals surface area contributed by atoms with Crippen LogP contribution in [0.4, 0.5) is 5.69 Å². The van der Waals surface area contributed by atoms with Crippen LogP contribution >= 0.6 is 0 Å². The predicted octanol–water partition coefficient (Wildman–Crippen LogP) is -0.532. The van der Waals surface area contributed by atoms with E-state index in [1.165, 1.54) is 4.31 Å². The Labute approximate surface area is 146 Å². The summed E-state index contributed by atoms with van der Waals surface area (Å²) in [6.45, 7) is 3.58. The largest absolute Gasteiger partial charge is 0.369 e. The van der Waals surface area contributed by atoms with Gasteiger partial charge < -0.3 is 4.90 Å². The number of rotatable bonds is 4. The Morgan fingerprint density at radius 1 is 1.08 bits per heavy atom. The maximum atomic E-state index is 12.4. The van der Waals surface area contributed by atoms with Crippen molar-refractivity contribution in [2.24, 2.45) is 0 Å². The van der Waals surface area contributed by atoms with Crippen LogP contribution in [0.3, 0.4) is 0 Å². The van der Waals surface area contributed by atoms with Gasteiger partial charge in [-0.25, -0.2) is 0 Å². The van der Waals surface area contributed by atoms with Crippen LogP contribution in [0.15, 0.2) is 24.3 Å². The van der Waals surface area contributed by atoms with E-state index < -0.39 is 28.1 Å². The Morgan fingerprint density at radius 3 is 2.20 bits per heavy atom. The van der Waals surface area contributed by atoms with E-state index in [4.69, 9.17) is 0 Å². The van der Waals surface area contributed by atoms with Crippen molar-refractivity contribution in [3.8, 4) is 0 Å². The Bertz CT molecular complexity index is 772. The van der Waals surface area contributed by atoms with Crippen molar-refractivity contribution in [1.82, 2.24) is 14.1 Å². The molecule has 0 aromatic heterocycles. The molecule has 0 saturated carbocycles. The Morgan fingerprint density at radius 2 is 1.68 bits per heavy atom. The third-order valence-corrected chi connectivity index (χ3v) is 6.02. The summed E-state index contributed by atoms with van der Waals surface area (Å²) in [6.07, 6.45) is -0.377. The van der Waals surface area contributed by atoms with Crippen molar-refractivity contribution in [2.75, 3.05) is 31.1 Å². The summed E-state index contributed by atoms with van der Waals surface area (Å²) < 4.78 is 28.3. The number of nitrogens with one attached hydrogen (secondary N) is 1. The van der Waals surface area contributed by atoms with Gasteiger partial charge in [0.15, 0.2) is 0 Å². The minimum atomic E-state index is -3.91. The van der Waals surface area contributed by atoms with Crippen molar-refractivity contribution >= 4 is 27.7 Å². The summed E-state index contributed by atoms with van der Waals surface area (Å²) in [7, 11) is -3.91. The highest BCUT2D eigenvalue weighted by atomic mass is 32.2. The molecule has 1 aromatic carbocycles. The van der Waals surface area contributed by atoms with Gasteiger partial charge in [-0.2, -0.15) is 22.5 Å². The lowest BCUT2D eigenvalue weighted by atomic mass is 10.2. The molecule has 1 aromatic rings. The smallest absolute Gasteiger partial charge is 0.280 e. The van der Waals surface area contributed by atoms with Gasteiger partial charge in [0.05, 0.1) is 6.42 Å². The number of hydrogen-bond donors (Lipinski definition) is 2. The lowest BCUT2D eigenvalue weighted by molar-refractivity contribution is -0.171. The number of nitrogens with zero attached hydrogens (tertiary/aromatic N) is 3. The van der Waals surface area contributed by atoms with E-state index in [0.717, 1.165) is 11.3 Å². The van der Waals surface area contributed by atoms with Crippen LogP contribution in [0.2, 0.25) is 0 Å². The third kappa shape index (κ3) is 3.66. The van der Waals surface area contributed by atoms with Gasteiger partial charge in [0.1, 0.15) is 6.04 Å². The zero-order valence-electron chi connectivity index (χ0n) is 13.8. The Hall–Kier alpha value is -2.01. The fourth-order valence-corrected chi connectivity index (χ4v) is 4.24. The third-order valence-electron chi connectivity index (χ3n) is 4.39. The molecule has 136 valence electrons. The molecule has 2 amide bonds. The van der Waals surface area contributed by atoms with Crippen molar-refractivity contribution in [1.29, 1.82) is 0 Å². The first-order chi connectivity index (χ1) is 11.8. The molecule has 2 N–H and O–H groups in total. The van der Waals surface area contributed by atoms with Gasteiger partial charge in [0.25, 0.3) is 22.0 Å². The first kappa shape index (κ1) is 17.8. The SMILES string of the molecule is Cc1ccc(N2CCN(S(=O)(=O)N[C@H]3CC(=O)N(O)C3=O)CC2)cc1. The van der Waals surface area contributed by atoms with Crippen LogP contribution in [0.5, 0.6) is 0 Å². The zero-order valence-corrected chi connectivity index (χ0v) is 14.6. The number of hydroxylamine groups is 2. The minimum absolute atomic E-state index is 0.0392. The van der Waals surface area contributed by atoms with Crippen molar-refractivity contribution < 1.29 is 23.2 Å². The summed E-state index contributed by atoms with van der Waals surface area (Å²) >= 11 is 0. The van der Waals surface area contributed by atoms with E-state index in [-0.39, 0.29) is 24.6 Å². The molecule has 0 aliphatic carbocycles. The van der Waals surface area contributed by atoms with E-state index in [1.54, 1.807) is 0 Å². The molecule has 0 spiro atoms. The van der Waals surface area contributed by atoms with Gasteiger partial charge in [-0.3, -0.25) is 14.8 Å². The first-order valence-corrected chi connectivity index (χ1v) is 9.36. The molecule has 25 heavy (non-hydrogen) atoms. The van der Waals surface area contributed by atoms with Gasteiger partial charge in [-0.1, -0.05) is 17.7 Å². The standard InChI is InChI=1S/C15H20N4O5S/c1-11-2-4-12(5-3-11)17-6-8-18(9-7-17)25(23,24)16-13-10-14(20)19(22)15(13)21/h2-5,13,16,22H,6-10H2,1H3/t13-/m0/s1. The number of anilines is 1. The van der Waals surface area contributed by atoms with Crippen LogP contribution in [0.1, 0.15) is 12.0 Å². The summed E-state index contributed by atoms with van der Waals surface area (Å²) in [5.41, 5.74) is 2.19. The van der Waals surface area contributed by atoms with Gasteiger partial charge in [-0.15, -0.1) is 0 Å². The maximum absolute atomic E-state index is 12.4. The lowest BCUT2D eigenvalue weighted by Crippen LogP contribution is -2.54. The van der Waals surface area contributed by atoms with Crippen molar-refractivity contribution in [2.45, 2.75) is 19.4 Å². The molecule has 0 radical (unpaired) electrons. The molecule has 10 heteroatoms. The predicted molar refractivity (Wildman–Crippen MR) is 89.1 cm³/mol. The fourth-order valence-electron chi connectivity index (χ4n) is 2.91. The topological polar surface area (TPSA) is 110 Å². The van der Waals surface area contributed by atoms with Crippen molar-refractivity contribution in [3.63, 3.8) is 0 Å². The highest BCUT2D eigenvalue weighted by Crippen LogP contribution is 2.19. The van der Waals surface area contributed by atoms with E-state index in [1.807, 2.05) is 31.2 Å². The van der Waals surface area contributed by atoms with Crippen LogP contribution in [0, 0.1) is 6.92 Å². The molecule has 0 unspecified atom stereocenters. The van der Waals surface area contributed by atoms with E-state index in [2.05, 4.69) is 9.62 Å². The second-order valence-electron chi connectivity index (χ2n) is 6.15. The molecule has 3 rings (SSSR count). The number of carbonyl (C=O) groups excluding carboxylic acids is 2. The summed E-state index contributed by atoms with van der Waals surface area (Å²) in [5, 5.41) is 9.16. The van der Waals surface area contributed by atoms with Crippen LogP contribution < -0.4 is 9.62 Å². The number of benzene rings is 1. The van der Waals surface area contributed by atoms with Crippen LogP contribution in [-0.2, 0) is 19.8 Å². The number of hydrogen-bond acceptors (Lipinski definition) is 6. The number of amides is 2. The highest BCUT2D eigenvalue weighted by molar-refractivity contribution is 7.87. The highest BCUT2D eigenvalue weighted by Gasteiger charge is 2.41. The Kier molecular flexibility index (Phi) is 4.78. The molecule has 1 atom stereocenters. The maximum Gasteiger partial charge on any atom is 0.280 e. The van der Waals surface area contributed by atoms with Crippen LogP contribution in [-0.4, -0.2) is 67.0 Å². The van der Waals surface area contributed by atoms with Gasteiger partial charge in [-0.05, 0) is 19.1 Å². The summed E-state index contributed by atoms with van der Waals surface area (Å²) in [5.74, 6) is -1.77. The van der Waals surface area contributed by atoms with Crippen molar-refractivity contribution in [3.05, 3.63) is 29.8 Å². The number of piperazine rings is 1. The average molecular weight is 368 g/mol. The number of imide groups is 1. The monoisotopic (exact) mass is 368 g/mol. The second kappa shape index (κ2) is 6.71. The normalized spacial score (nSPS) is 22.7. The molecular formula is C15H20N4O5S. The van der Waals surface area contributed by atoms with E-state index in [9.17, 15) is 23.2 Å². The molecule has 0 bridgehead atoms. The first-order valence-electron chi connectivity index (χ1n) is 7.92. The lowest BCUT2D eigenvalue weighted by Gasteiger charge is -2.35. The fraction of sp³-hybridized carbons (Fsp3) is 0.467. The number of aryl methyl sites for hydroxylation is 1. The minimum Gasteiger partial charge on any atom is -0.369 e. The van der Waals surface area contributed by atoms with Crippen LogP contribution in [0.25, 0.3) is 0 Å². The summed E-state index contributed by atoms with van der Waals surface area (Å²) in [4.78, 5) is 25.0. The molecule has 2 saturated heterocycles. The quantitative estimate of drug-likeness (QED) is 0.546. The van der Waals surface area contributed by atoms with E-state index in [0.29, 0.717) is 13.1 Å². The van der Waals surface area contributed by atoms with Gasteiger partial charge in [0, 0.05) is 31.9 Å². The van der Waals surface area contributed by atoms with Gasteiger partial charge in [0.2, 0.25) is 0 Å². The summed E-state index contributed by atoms with van der Waals surface area (Å²) in [6, 6.07) is 6.75. The number of carbonyl (C=O) groups is 2. The molecule has 2 aliphatic rings. The van der Waals surface area contributed by atoms with E-state index >= 15 is 0 Å². The van der Waals surface area contributed by atoms with Gasteiger partial charge >= 0.3 is 0 Å². The second-order valence-corrected chi connectivity index (χ2v) is 7.85. The molecule has 2 heterocycles. The zero-order chi connectivity index (χ0) is 18.2. The average Bonchev–Trinajstić information content (AvgIpc) is 2.82. The molecule has 2 aliphatic heterocycles. The molecule has 9 nitrogen and oxygen atoms in total. The molecule has 2 fully saturated rings.